The van der Waals surface area contributed by atoms with Crippen LogP contribution in [0.1, 0.15) is 43.9 Å². The molecule has 170 valence electrons. The molecule has 0 aliphatic carbocycles. The molecule has 1 saturated heterocycles. The number of ether oxygens (including phenoxy) is 4. The first-order valence-corrected chi connectivity index (χ1v) is 11.5. The predicted molar refractivity (Wildman–Crippen MR) is 124 cm³/mol. The summed E-state index contributed by atoms with van der Waals surface area (Å²) >= 11 is 0. The summed E-state index contributed by atoms with van der Waals surface area (Å²) < 4.78 is 23.2. The third-order valence-corrected chi connectivity index (χ3v) is 5.72. The van der Waals surface area contributed by atoms with Crippen LogP contribution in [0.15, 0.2) is 42.6 Å². The third kappa shape index (κ3) is 5.68. The van der Waals surface area contributed by atoms with Gasteiger partial charge in [0.15, 0.2) is 0 Å². The molecule has 0 bridgehead atoms. The average molecular weight is 437 g/mol. The summed E-state index contributed by atoms with van der Waals surface area (Å²) in [5, 5.41) is 1.03. The molecule has 0 saturated carbocycles. The van der Waals surface area contributed by atoms with Crippen molar-refractivity contribution in [2.75, 3.05) is 26.4 Å². The molecule has 6 nitrogen and oxygen atoms in total. The molecule has 32 heavy (non-hydrogen) atoms. The minimum Gasteiger partial charge on any atom is -0.493 e. The second kappa shape index (κ2) is 11.1. The van der Waals surface area contributed by atoms with Gasteiger partial charge in [0.25, 0.3) is 0 Å². The largest absolute Gasteiger partial charge is 0.493 e. The van der Waals surface area contributed by atoms with Gasteiger partial charge >= 0.3 is 0 Å². The van der Waals surface area contributed by atoms with Gasteiger partial charge in [0.05, 0.1) is 37.6 Å². The molecule has 0 spiro atoms. The van der Waals surface area contributed by atoms with E-state index in [1.165, 1.54) is 0 Å². The van der Waals surface area contributed by atoms with E-state index in [2.05, 4.69) is 18.0 Å². The number of benzene rings is 1. The van der Waals surface area contributed by atoms with Crippen LogP contribution in [-0.2, 0) is 11.3 Å². The average Bonchev–Trinajstić information content (AvgIpc) is 2.78. The highest BCUT2D eigenvalue weighted by molar-refractivity contribution is 5.86. The molecule has 0 radical (unpaired) electrons. The summed E-state index contributed by atoms with van der Waals surface area (Å²) in [6.45, 7) is 7.68. The Kier molecular flexibility index (Phi) is 7.77. The maximum Gasteiger partial charge on any atom is 0.217 e. The highest BCUT2D eigenvalue weighted by Crippen LogP contribution is 2.31. The van der Waals surface area contributed by atoms with Crippen LogP contribution in [0.3, 0.4) is 0 Å². The van der Waals surface area contributed by atoms with E-state index in [9.17, 15) is 0 Å². The lowest BCUT2D eigenvalue weighted by Gasteiger charge is -2.25. The van der Waals surface area contributed by atoms with Crippen LogP contribution >= 0.6 is 0 Å². The fourth-order valence-electron chi connectivity index (χ4n) is 3.69. The summed E-state index contributed by atoms with van der Waals surface area (Å²) in [6, 6.07) is 11.8. The van der Waals surface area contributed by atoms with Gasteiger partial charge in [-0.05, 0) is 44.4 Å². The molecule has 1 fully saturated rings. The standard InChI is InChI=1S/C26H32N2O4/c1-3-4-13-31-26-19(2)24(28-23-10-6-5-9-22(23)26)18-32-25-15-21(11-12-27-25)30-14-7-8-20-16-29-17-20/h5-6,9-12,15,20H,3-4,7-8,13-14,16-18H2,1-2H3. The maximum atomic E-state index is 6.15. The number of hydrogen-bond acceptors (Lipinski definition) is 6. The zero-order chi connectivity index (χ0) is 22.2. The third-order valence-electron chi connectivity index (χ3n) is 5.72. The minimum atomic E-state index is 0.318. The zero-order valence-corrected chi connectivity index (χ0v) is 19.0. The van der Waals surface area contributed by atoms with Crippen molar-refractivity contribution in [3.63, 3.8) is 0 Å². The second-order valence-electron chi connectivity index (χ2n) is 8.24. The number of pyridine rings is 2. The molecule has 3 heterocycles. The highest BCUT2D eigenvalue weighted by atomic mass is 16.5. The van der Waals surface area contributed by atoms with E-state index in [-0.39, 0.29) is 0 Å². The Morgan fingerprint density at radius 1 is 1.03 bits per heavy atom. The molecule has 0 unspecified atom stereocenters. The van der Waals surface area contributed by atoms with Gasteiger partial charge < -0.3 is 18.9 Å². The lowest BCUT2D eigenvalue weighted by Crippen LogP contribution is -2.27. The Morgan fingerprint density at radius 3 is 2.69 bits per heavy atom. The zero-order valence-electron chi connectivity index (χ0n) is 19.0. The lowest BCUT2D eigenvalue weighted by atomic mass is 10.0. The first kappa shape index (κ1) is 22.3. The lowest BCUT2D eigenvalue weighted by molar-refractivity contribution is -0.0373. The normalized spacial score (nSPS) is 13.7. The number of para-hydroxylation sites is 1. The molecule has 2 aromatic heterocycles. The van der Waals surface area contributed by atoms with Crippen LogP contribution in [0.4, 0.5) is 0 Å². The molecular formula is C26H32N2O4. The molecule has 6 heteroatoms. The second-order valence-corrected chi connectivity index (χ2v) is 8.24. The van der Waals surface area contributed by atoms with E-state index in [0.717, 1.165) is 72.6 Å². The minimum absolute atomic E-state index is 0.318. The SMILES string of the molecule is CCCCOc1c(C)c(COc2cc(OCCCC3COC3)ccn2)nc2ccccc12. The van der Waals surface area contributed by atoms with Gasteiger partial charge in [-0.1, -0.05) is 25.5 Å². The van der Waals surface area contributed by atoms with Gasteiger partial charge in [-0.3, -0.25) is 0 Å². The number of rotatable bonds is 12. The van der Waals surface area contributed by atoms with Crippen molar-refractivity contribution in [3.05, 3.63) is 53.9 Å². The molecule has 1 aromatic carbocycles. The molecule has 1 aliphatic heterocycles. The smallest absolute Gasteiger partial charge is 0.217 e. The van der Waals surface area contributed by atoms with E-state index in [1.807, 2.05) is 37.3 Å². The summed E-state index contributed by atoms with van der Waals surface area (Å²) in [7, 11) is 0. The van der Waals surface area contributed by atoms with Crippen LogP contribution in [0, 0.1) is 12.8 Å². The van der Waals surface area contributed by atoms with Crippen LogP contribution < -0.4 is 14.2 Å². The van der Waals surface area contributed by atoms with Crippen molar-refractivity contribution >= 4 is 10.9 Å². The number of fused-ring (bicyclic) bond motifs is 1. The number of nitrogens with zero attached hydrogens (tertiary/aromatic N) is 2. The van der Waals surface area contributed by atoms with Gasteiger partial charge in [-0.25, -0.2) is 9.97 Å². The van der Waals surface area contributed by atoms with Gasteiger partial charge in [0.2, 0.25) is 5.88 Å². The van der Waals surface area contributed by atoms with Gasteiger partial charge in [-0.2, -0.15) is 0 Å². The van der Waals surface area contributed by atoms with E-state index >= 15 is 0 Å². The highest BCUT2D eigenvalue weighted by Gasteiger charge is 2.17. The van der Waals surface area contributed by atoms with E-state index in [4.69, 9.17) is 23.9 Å². The first-order valence-electron chi connectivity index (χ1n) is 11.5. The Balaban J connectivity index is 1.40. The Hall–Kier alpha value is -2.86. The van der Waals surface area contributed by atoms with Crippen molar-refractivity contribution in [1.29, 1.82) is 0 Å². The summed E-state index contributed by atoms with van der Waals surface area (Å²) in [5.41, 5.74) is 2.77. The van der Waals surface area contributed by atoms with Crippen molar-refractivity contribution < 1.29 is 18.9 Å². The van der Waals surface area contributed by atoms with Gasteiger partial charge in [0.1, 0.15) is 18.1 Å². The number of hydrogen-bond donors (Lipinski definition) is 0. The molecule has 0 amide bonds. The van der Waals surface area contributed by atoms with Crippen molar-refractivity contribution in [2.45, 2.75) is 46.1 Å². The molecule has 4 rings (SSSR count). The summed E-state index contributed by atoms with van der Waals surface area (Å²) in [4.78, 5) is 9.15. The van der Waals surface area contributed by atoms with Crippen molar-refractivity contribution in [2.24, 2.45) is 5.92 Å². The number of aromatic nitrogens is 2. The maximum absolute atomic E-state index is 6.15. The van der Waals surface area contributed by atoms with E-state index in [0.29, 0.717) is 31.6 Å². The summed E-state index contributed by atoms with van der Waals surface area (Å²) in [5.74, 6) is 2.89. The Morgan fingerprint density at radius 2 is 1.88 bits per heavy atom. The molecule has 1 aliphatic rings. The van der Waals surface area contributed by atoms with Crippen LogP contribution in [0.2, 0.25) is 0 Å². The molecule has 0 atom stereocenters. The predicted octanol–water partition coefficient (Wildman–Crippen LogP) is 5.50. The van der Waals surface area contributed by atoms with Crippen molar-refractivity contribution in [3.8, 4) is 17.4 Å². The first-order chi connectivity index (χ1) is 15.7. The molecular weight excluding hydrogens is 404 g/mol. The van der Waals surface area contributed by atoms with Crippen LogP contribution in [-0.4, -0.2) is 36.4 Å². The molecule has 3 aromatic rings. The Labute approximate surface area is 189 Å². The van der Waals surface area contributed by atoms with Crippen molar-refractivity contribution in [1.82, 2.24) is 9.97 Å². The van der Waals surface area contributed by atoms with E-state index in [1.54, 1.807) is 6.20 Å². The fraction of sp³-hybridized carbons (Fsp3) is 0.462. The fourth-order valence-corrected chi connectivity index (χ4v) is 3.69. The van der Waals surface area contributed by atoms with Crippen LogP contribution in [0.25, 0.3) is 10.9 Å². The number of unbranched alkanes of at least 4 members (excludes halogenated alkanes) is 1. The monoisotopic (exact) mass is 436 g/mol. The topological polar surface area (TPSA) is 62.7 Å². The molecule has 0 N–H and O–H groups in total. The Bertz CT molecular complexity index is 1020. The van der Waals surface area contributed by atoms with Crippen LogP contribution in [0.5, 0.6) is 17.4 Å². The summed E-state index contributed by atoms with van der Waals surface area (Å²) in [6.07, 6.45) is 5.99. The van der Waals surface area contributed by atoms with Gasteiger partial charge in [0, 0.05) is 29.1 Å². The van der Waals surface area contributed by atoms with E-state index < -0.39 is 0 Å². The quantitative estimate of drug-likeness (QED) is 0.349. The van der Waals surface area contributed by atoms with Gasteiger partial charge in [-0.15, -0.1) is 0 Å².